The van der Waals surface area contributed by atoms with Crippen LogP contribution in [0, 0.1) is 11.3 Å². The van der Waals surface area contributed by atoms with E-state index in [2.05, 4.69) is 10.1 Å². The van der Waals surface area contributed by atoms with Crippen LogP contribution in [0.25, 0.3) is 0 Å². The lowest BCUT2D eigenvalue weighted by Gasteiger charge is -2.14. The normalized spacial score (nSPS) is 11.2. The molecule has 0 aliphatic rings. The Labute approximate surface area is 112 Å². The van der Waals surface area contributed by atoms with Gasteiger partial charge in [0.2, 0.25) is 11.8 Å². The molecule has 1 atom stereocenters. The molecule has 19 heavy (non-hydrogen) atoms. The zero-order chi connectivity index (χ0) is 14.7. The second-order valence-corrected chi connectivity index (χ2v) is 3.88. The van der Waals surface area contributed by atoms with E-state index in [4.69, 9.17) is 11.0 Å². The van der Waals surface area contributed by atoms with E-state index in [1.165, 1.54) is 0 Å². The van der Waals surface area contributed by atoms with Crippen molar-refractivity contribution in [2.24, 2.45) is 5.73 Å². The lowest BCUT2D eigenvalue weighted by atomic mass is 10.1. The minimum Gasteiger partial charge on any atom is -0.466 e. The Balaban J connectivity index is 4.07. The van der Waals surface area contributed by atoms with Gasteiger partial charge in [-0.3, -0.25) is 14.4 Å². The average molecular weight is 269 g/mol. The second kappa shape index (κ2) is 9.88. The minimum atomic E-state index is -0.803. The number of unbranched alkanes of at least 4 members (excludes halogenated alkanes) is 1. The fourth-order valence-electron chi connectivity index (χ4n) is 1.39. The summed E-state index contributed by atoms with van der Waals surface area (Å²) in [5.74, 6) is -1.55. The van der Waals surface area contributed by atoms with Crippen LogP contribution in [0.5, 0.6) is 0 Å². The molecular weight excluding hydrogens is 250 g/mol. The van der Waals surface area contributed by atoms with Gasteiger partial charge in [0.1, 0.15) is 6.04 Å². The lowest BCUT2D eigenvalue weighted by molar-refractivity contribution is -0.144. The maximum Gasteiger partial charge on any atom is 0.306 e. The van der Waals surface area contributed by atoms with Crippen LogP contribution in [0.3, 0.4) is 0 Å². The van der Waals surface area contributed by atoms with E-state index in [1.807, 2.05) is 6.07 Å². The van der Waals surface area contributed by atoms with Gasteiger partial charge in [-0.1, -0.05) is 0 Å². The van der Waals surface area contributed by atoms with Gasteiger partial charge in [0.15, 0.2) is 0 Å². The third-order valence-corrected chi connectivity index (χ3v) is 2.32. The monoisotopic (exact) mass is 269 g/mol. The number of primary amides is 1. The first kappa shape index (κ1) is 16.9. The number of nitrogens with two attached hydrogens (primary N) is 1. The van der Waals surface area contributed by atoms with E-state index in [9.17, 15) is 14.4 Å². The van der Waals surface area contributed by atoms with Crippen LogP contribution in [0.2, 0.25) is 0 Å². The molecule has 0 aliphatic carbocycles. The fourth-order valence-corrected chi connectivity index (χ4v) is 1.39. The van der Waals surface area contributed by atoms with Crippen LogP contribution in [0.1, 0.15) is 39.0 Å². The molecule has 0 radical (unpaired) electrons. The summed E-state index contributed by atoms with van der Waals surface area (Å²) in [6, 6.07) is 1.14. The highest BCUT2D eigenvalue weighted by Gasteiger charge is 2.18. The number of amides is 2. The highest BCUT2D eigenvalue weighted by molar-refractivity contribution is 5.87. The van der Waals surface area contributed by atoms with Gasteiger partial charge in [0.05, 0.1) is 19.1 Å². The van der Waals surface area contributed by atoms with Crippen molar-refractivity contribution in [1.29, 1.82) is 5.26 Å². The molecule has 0 unspecified atom stereocenters. The van der Waals surface area contributed by atoms with E-state index in [0.717, 1.165) is 0 Å². The predicted molar refractivity (Wildman–Crippen MR) is 66.5 cm³/mol. The van der Waals surface area contributed by atoms with Crippen molar-refractivity contribution in [3.05, 3.63) is 0 Å². The third kappa shape index (κ3) is 8.60. The van der Waals surface area contributed by atoms with Crippen LogP contribution in [0.15, 0.2) is 0 Å². The minimum absolute atomic E-state index is 0.0383. The highest BCUT2D eigenvalue weighted by Crippen LogP contribution is 2.01. The first-order valence-electron chi connectivity index (χ1n) is 6.12. The van der Waals surface area contributed by atoms with Crippen LogP contribution >= 0.6 is 0 Å². The molecule has 0 aromatic rings. The Bertz CT molecular complexity index is 362. The van der Waals surface area contributed by atoms with Crippen LogP contribution < -0.4 is 11.1 Å². The number of rotatable bonds is 9. The molecule has 0 fully saturated rings. The van der Waals surface area contributed by atoms with Crippen molar-refractivity contribution in [3.63, 3.8) is 0 Å². The summed E-state index contributed by atoms with van der Waals surface area (Å²) in [4.78, 5) is 33.7. The van der Waals surface area contributed by atoms with Crippen LogP contribution in [-0.4, -0.2) is 30.4 Å². The SMILES string of the molecule is CCOC(=O)CCC(=O)N[C@@H](CCCC#N)C(N)=O. The zero-order valence-electron chi connectivity index (χ0n) is 11.0. The van der Waals surface area contributed by atoms with E-state index in [-0.39, 0.29) is 19.4 Å². The molecule has 0 aliphatic heterocycles. The number of hydrogen-bond acceptors (Lipinski definition) is 5. The Kier molecular flexibility index (Phi) is 8.79. The van der Waals surface area contributed by atoms with E-state index < -0.39 is 23.8 Å². The summed E-state index contributed by atoms with van der Waals surface area (Å²) >= 11 is 0. The summed E-state index contributed by atoms with van der Waals surface area (Å²) in [5, 5.41) is 10.8. The molecule has 0 saturated heterocycles. The molecule has 0 bridgehead atoms. The molecule has 0 spiro atoms. The molecule has 3 N–H and O–H groups in total. The Morgan fingerprint density at radius 2 is 2.05 bits per heavy atom. The lowest BCUT2D eigenvalue weighted by Crippen LogP contribution is -2.44. The van der Waals surface area contributed by atoms with Crippen molar-refractivity contribution in [2.75, 3.05) is 6.61 Å². The van der Waals surface area contributed by atoms with E-state index >= 15 is 0 Å². The largest absolute Gasteiger partial charge is 0.466 e. The van der Waals surface area contributed by atoms with Gasteiger partial charge in [-0.15, -0.1) is 0 Å². The predicted octanol–water partition coefficient (Wildman–Crippen LogP) is -0.00632. The summed E-state index contributed by atoms with van der Waals surface area (Å²) in [7, 11) is 0. The van der Waals surface area contributed by atoms with Crippen molar-refractivity contribution >= 4 is 17.8 Å². The van der Waals surface area contributed by atoms with Crippen molar-refractivity contribution in [2.45, 2.75) is 45.1 Å². The molecule has 2 amide bonds. The molecular formula is C12H19N3O4. The molecule has 0 aromatic heterocycles. The Morgan fingerprint density at radius 1 is 1.37 bits per heavy atom. The van der Waals surface area contributed by atoms with Gasteiger partial charge in [0.25, 0.3) is 0 Å². The maximum absolute atomic E-state index is 11.5. The van der Waals surface area contributed by atoms with Crippen molar-refractivity contribution in [1.82, 2.24) is 5.32 Å². The van der Waals surface area contributed by atoms with Gasteiger partial charge >= 0.3 is 5.97 Å². The standard InChI is InChI=1S/C12H19N3O4/c1-2-19-11(17)7-6-10(16)15-9(12(14)18)5-3-4-8-13/h9H,2-7H2,1H3,(H2,14,18)(H,15,16)/t9-/m0/s1. The number of nitrogens with one attached hydrogen (secondary N) is 1. The number of esters is 1. The Morgan fingerprint density at radius 3 is 2.58 bits per heavy atom. The van der Waals surface area contributed by atoms with Gasteiger partial charge in [-0.25, -0.2) is 0 Å². The second-order valence-electron chi connectivity index (χ2n) is 3.88. The number of nitrogens with zero attached hydrogens (tertiary/aromatic N) is 1. The number of nitriles is 1. The summed E-state index contributed by atoms with van der Waals surface area (Å²) in [6.07, 6.45) is 0.989. The number of carbonyl (C=O) groups excluding carboxylic acids is 3. The number of carbonyl (C=O) groups is 3. The smallest absolute Gasteiger partial charge is 0.306 e. The topological polar surface area (TPSA) is 122 Å². The third-order valence-electron chi connectivity index (χ3n) is 2.32. The van der Waals surface area contributed by atoms with Crippen molar-refractivity contribution < 1.29 is 19.1 Å². The van der Waals surface area contributed by atoms with E-state index in [0.29, 0.717) is 19.3 Å². The molecule has 0 rings (SSSR count). The summed E-state index contributed by atoms with van der Waals surface area (Å²) in [5.41, 5.74) is 5.14. The molecule has 7 heteroatoms. The first-order chi connectivity index (χ1) is 9.01. The zero-order valence-corrected chi connectivity index (χ0v) is 11.0. The Hall–Kier alpha value is -2.10. The maximum atomic E-state index is 11.5. The summed E-state index contributed by atoms with van der Waals surface area (Å²) in [6.45, 7) is 1.94. The van der Waals surface area contributed by atoms with Gasteiger partial charge in [0, 0.05) is 12.8 Å². The van der Waals surface area contributed by atoms with Gasteiger partial charge in [-0.05, 0) is 19.8 Å². The molecule has 7 nitrogen and oxygen atoms in total. The molecule has 0 saturated carbocycles. The van der Waals surface area contributed by atoms with Crippen LogP contribution in [-0.2, 0) is 19.1 Å². The molecule has 106 valence electrons. The first-order valence-corrected chi connectivity index (χ1v) is 6.12. The molecule has 0 heterocycles. The van der Waals surface area contributed by atoms with Gasteiger partial charge < -0.3 is 15.8 Å². The summed E-state index contributed by atoms with van der Waals surface area (Å²) < 4.78 is 4.68. The quantitative estimate of drug-likeness (QED) is 0.450. The number of ether oxygens (including phenoxy) is 1. The average Bonchev–Trinajstić information content (AvgIpc) is 2.35. The fraction of sp³-hybridized carbons (Fsp3) is 0.667. The molecule has 0 aromatic carbocycles. The van der Waals surface area contributed by atoms with Crippen molar-refractivity contribution in [3.8, 4) is 6.07 Å². The van der Waals surface area contributed by atoms with Gasteiger partial charge in [-0.2, -0.15) is 5.26 Å². The van der Waals surface area contributed by atoms with Crippen LogP contribution in [0.4, 0.5) is 0 Å². The highest BCUT2D eigenvalue weighted by atomic mass is 16.5. The van der Waals surface area contributed by atoms with E-state index in [1.54, 1.807) is 6.92 Å². The number of hydrogen-bond donors (Lipinski definition) is 2.